The van der Waals surface area contributed by atoms with Crippen LogP contribution in [0.5, 0.6) is 5.75 Å². The molecular formula is C17H17NO3. The zero-order chi connectivity index (χ0) is 14.7. The van der Waals surface area contributed by atoms with Crippen LogP contribution in [0, 0.1) is 0 Å². The number of carbonyl (C=O) groups excluding carboxylic acids is 1. The van der Waals surface area contributed by atoms with Crippen molar-refractivity contribution in [1.29, 1.82) is 0 Å². The second-order valence-corrected chi connectivity index (χ2v) is 5.15. The number of furan rings is 1. The van der Waals surface area contributed by atoms with Crippen LogP contribution in [-0.4, -0.2) is 18.6 Å². The molecule has 2 heterocycles. The maximum absolute atomic E-state index is 12.3. The Hall–Kier alpha value is -2.49. The van der Waals surface area contributed by atoms with Crippen LogP contribution in [0.2, 0.25) is 0 Å². The van der Waals surface area contributed by atoms with Crippen molar-refractivity contribution in [3.05, 3.63) is 59.6 Å². The minimum atomic E-state index is -0.0939. The van der Waals surface area contributed by atoms with E-state index in [1.54, 1.807) is 6.26 Å². The minimum absolute atomic E-state index is 0.00159. The Morgan fingerprint density at radius 3 is 2.95 bits per heavy atom. The lowest BCUT2D eigenvalue weighted by Crippen LogP contribution is -2.36. The highest BCUT2D eigenvalue weighted by Gasteiger charge is 2.18. The summed E-state index contributed by atoms with van der Waals surface area (Å²) in [5.74, 6) is 1.59. The first-order valence-corrected chi connectivity index (χ1v) is 6.98. The first kappa shape index (κ1) is 13.5. The van der Waals surface area contributed by atoms with Gasteiger partial charge in [0.25, 0.3) is 5.91 Å². The van der Waals surface area contributed by atoms with Crippen molar-refractivity contribution >= 4 is 12.0 Å². The van der Waals surface area contributed by atoms with Gasteiger partial charge in [0.1, 0.15) is 18.1 Å². The van der Waals surface area contributed by atoms with E-state index in [-0.39, 0.29) is 11.9 Å². The van der Waals surface area contributed by atoms with Crippen molar-refractivity contribution < 1.29 is 13.9 Å². The third kappa shape index (κ3) is 3.16. The van der Waals surface area contributed by atoms with Gasteiger partial charge in [0, 0.05) is 18.0 Å². The molecule has 1 aliphatic heterocycles. The maximum Gasteiger partial charge on any atom is 0.250 e. The monoisotopic (exact) mass is 283 g/mol. The van der Waals surface area contributed by atoms with Crippen LogP contribution in [0.15, 0.2) is 52.7 Å². The van der Waals surface area contributed by atoms with Crippen LogP contribution < -0.4 is 10.1 Å². The molecule has 1 atom stereocenters. The highest BCUT2D eigenvalue weighted by molar-refractivity contribution is 5.99. The van der Waals surface area contributed by atoms with Crippen molar-refractivity contribution in [2.75, 3.05) is 6.61 Å². The van der Waals surface area contributed by atoms with E-state index in [1.165, 1.54) is 0 Å². The maximum atomic E-state index is 12.3. The number of benzene rings is 1. The molecule has 2 aromatic rings. The van der Waals surface area contributed by atoms with Crippen molar-refractivity contribution in [1.82, 2.24) is 5.32 Å². The molecule has 1 N–H and O–H groups in total. The molecule has 1 aromatic carbocycles. The van der Waals surface area contributed by atoms with E-state index < -0.39 is 0 Å². The van der Waals surface area contributed by atoms with Crippen molar-refractivity contribution in [2.24, 2.45) is 0 Å². The fourth-order valence-corrected chi connectivity index (χ4v) is 2.35. The predicted octanol–water partition coefficient (Wildman–Crippen LogP) is 2.80. The summed E-state index contributed by atoms with van der Waals surface area (Å²) in [5, 5.41) is 2.97. The second-order valence-electron chi connectivity index (χ2n) is 5.15. The molecule has 108 valence electrons. The number of amides is 1. The molecule has 4 nitrogen and oxygen atoms in total. The van der Waals surface area contributed by atoms with Crippen molar-refractivity contribution in [2.45, 2.75) is 19.4 Å². The summed E-state index contributed by atoms with van der Waals surface area (Å²) >= 11 is 0. The van der Waals surface area contributed by atoms with Gasteiger partial charge >= 0.3 is 0 Å². The molecule has 4 heteroatoms. The third-order valence-corrected chi connectivity index (χ3v) is 3.39. The third-order valence-electron chi connectivity index (χ3n) is 3.39. The summed E-state index contributed by atoms with van der Waals surface area (Å²) < 4.78 is 10.9. The highest BCUT2D eigenvalue weighted by atomic mass is 16.5. The van der Waals surface area contributed by atoms with Crippen LogP contribution in [0.25, 0.3) is 6.08 Å². The van der Waals surface area contributed by atoms with E-state index in [4.69, 9.17) is 9.15 Å². The molecule has 1 aliphatic rings. The number of hydrogen-bond donors (Lipinski definition) is 1. The lowest BCUT2D eigenvalue weighted by atomic mass is 10.1. The van der Waals surface area contributed by atoms with Gasteiger partial charge < -0.3 is 14.5 Å². The largest absolute Gasteiger partial charge is 0.488 e. The lowest BCUT2D eigenvalue weighted by Gasteiger charge is -2.19. The number of ether oxygens (including phenoxy) is 1. The molecule has 0 radical (unpaired) electrons. The molecule has 0 saturated heterocycles. The second kappa shape index (κ2) is 5.87. The van der Waals surface area contributed by atoms with E-state index in [0.29, 0.717) is 18.6 Å². The molecule has 0 aliphatic carbocycles. The number of hydrogen-bond acceptors (Lipinski definition) is 3. The zero-order valence-electron chi connectivity index (χ0n) is 11.8. The molecule has 3 rings (SSSR count). The van der Waals surface area contributed by atoms with E-state index in [2.05, 4.69) is 5.32 Å². The smallest absolute Gasteiger partial charge is 0.250 e. The molecule has 0 unspecified atom stereocenters. The molecule has 0 spiro atoms. The van der Waals surface area contributed by atoms with Crippen LogP contribution in [-0.2, 0) is 11.2 Å². The van der Waals surface area contributed by atoms with Crippen LogP contribution >= 0.6 is 0 Å². The van der Waals surface area contributed by atoms with Gasteiger partial charge in [0.2, 0.25) is 0 Å². The molecular weight excluding hydrogens is 266 g/mol. The normalized spacial score (nSPS) is 14.6. The molecule has 0 saturated carbocycles. The van der Waals surface area contributed by atoms with Crippen molar-refractivity contribution in [3.8, 4) is 5.75 Å². The average molecular weight is 283 g/mol. The number of para-hydroxylation sites is 1. The van der Waals surface area contributed by atoms with E-state index in [1.807, 2.05) is 49.4 Å². The Morgan fingerprint density at radius 2 is 2.14 bits per heavy atom. The van der Waals surface area contributed by atoms with Gasteiger partial charge in [-0.3, -0.25) is 4.79 Å². The molecule has 1 amide bonds. The first-order valence-electron chi connectivity index (χ1n) is 6.98. The summed E-state index contributed by atoms with van der Waals surface area (Å²) in [4.78, 5) is 12.3. The predicted molar refractivity (Wildman–Crippen MR) is 79.9 cm³/mol. The Morgan fingerprint density at radius 1 is 1.29 bits per heavy atom. The van der Waals surface area contributed by atoms with Crippen molar-refractivity contribution in [3.63, 3.8) is 0 Å². The topological polar surface area (TPSA) is 51.5 Å². The summed E-state index contributed by atoms with van der Waals surface area (Å²) in [6, 6.07) is 11.4. The number of carbonyl (C=O) groups is 1. The van der Waals surface area contributed by atoms with E-state index in [0.717, 1.165) is 17.1 Å². The summed E-state index contributed by atoms with van der Waals surface area (Å²) in [6.07, 6.45) is 4.19. The number of rotatable bonds is 4. The van der Waals surface area contributed by atoms with Gasteiger partial charge in [-0.25, -0.2) is 0 Å². The van der Waals surface area contributed by atoms with Gasteiger partial charge in [-0.2, -0.15) is 0 Å². The molecule has 21 heavy (non-hydrogen) atoms. The van der Waals surface area contributed by atoms with E-state index >= 15 is 0 Å². The van der Waals surface area contributed by atoms with Gasteiger partial charge in [-0.1, -0.05) is 18.2 Å². The zero-order valence-corrected chi connectivity index (χ0v) is 11.8. The highest BCUT2D eigenvalue weighted by Crippen LogP contribution is 2.25. The van der Waals surface area contributed by atoms with Gasteiger partial charge in [0.05, 0.1) is 11.8 Å². The average Bonchev–Trinajstić information content (AvgIpc) is 2.99. The fourth-order valence-electron chi connectivity index (χ4n) is 2.35. The SMILES string of the molecule is C[C@@H](Cc1ccco1)NC(=O)C1=Cc2ccccc2OC1. The summed E-state index contributed by atoms with van der Waals surface area (Å²) in [5.41, 5.74) is 1.58. The Labute approximate surface area is 123 Å². The Bertz CT molecular complexity index is 658. The van der Waals surface area contributed by atoms with Crippen LogP contribution in [0.4, 0.5) is 0 Å². The summed E-state index contributed by atoms with van der Waals surface area (Å²) in [6.45, 7) is 2.26. The minimum Gasteiger partial charge on any atom is -0.488 e. The standard InChI is InChI=1S/C17H17NO3/c1-12(9-15-6-4-8-20-15)18-17(19)14-10-13-5-2-3-7-16(13)21-11-14/h2-8,10,12H,9,11H2,1H3,(H,18,19)/t12-/m0/s1. The quantitative estimate of drug-likeness (QED) is 0.938. The van der Waals surface area contributed by atoms with Gasteiger partial charge in [-0.15, -0.1) is 0 Å². The Kier molecular flexibility index (Phi) is 3.77. The number of fused-ring (bicyclic) bond motifs is 1. The van der Waals surface area contributed by atoms with E-state index in [9.17, 15) is 4.79 Å². The summed E-state index contributed by atoms with van der Waals surface area (Å²) in [7, 11) is 0. The Balaban J connectivity index is 1.65. The van der Waals surface area contributed by atoms with Gasteiger partial charge in [-0.05, 0) is 31.2 Å². The lowest BCUT2D eigenvalue weighted by molar-refractivity contribution is -0.118. The first-order chi connectivity index (χ1) is 10.2. The van der Waals surface area contributed by atoms with Gasteiger partial charge in [0.15, 0.2) is 0 Å². The molecule has 1 aromatic heterocycles. The fraction of sp³-hybridized carbons (Fsp3) is 0.235. The molecule has 0 fully saturated rings. The van der Waals surface area contributed by atoms with Crippen LogP contribution in [0.1, 0.15) is 18.2 Å². The molecule has 0 bridgehead atoms. The number of nitrogens with one attached hydrogen (secondary N) is 1. The van der Waals surface area contributed by atoms with Crippen LogP contribution in [0.3, 0.4) is 0 Å².